The number of amides is 1. The van der Waals surface area contributed by atoms with Crippen LogP contribution in [0.2, 0.25) is 0 Å². The van der Waals surface area contributed by atoms with Gasteiger partial charge >= 0.3 is 0 Å². The molecule has 134 valence electrons. The van der Waals surface area contributed by atoms with Crippen LogP contribution in [0.4, 0.5) is 0 Å². The Bertz CT molecular complexity index is 919. The van der Waals surface area contributed by atoms with Crippen LogP contribution < -0.4 is 5.32 Å². The number of rotatable bonds is 4. The second-order valence-electron chi connectivity index (χ2n) is 6.91. The minimum atomic E-state index is 0.00117. The van der Waals surface area contributed by atoms with Crippen molar-refractivity contribution in [3.8, 4) is 0 Å². The van der Waals surface area contributed by atoms with Crippen molar-refractivity contribution < 1.29 is 4.79 Å². The molecule has 6 heteroatoms. The second-order valence-corrected chi connectivity index (χ2v) is 6.91. The van der Waals surface area contributed by atoms with Gasteiger partial charge in [-0.15, -0.1) is 0 Å². The molecule has 0 radical (unpaired) electrons. The molecule has 26 heavy (non-hydrogen) atoms. The molecule has 0 saturated carbocycles. The molecule has 1 N–H and O–H groups in total. The maximum Gasteiger partial charge on any atom is 0.251 e. The van der Waals surface area contributed by atoms with Crippen molar-refractivity contribution in [3.63, 3.8) is 0 Å². The van der Waals surface area contributed by atoms with E-state index in [4.69, 9.17) is 0 Å². The Morgan fingerprint density at radius 2 is 2.08 bits per heavy atom. The second kappa shape index (κ2) is 7.25. The summed E-state index contributed by atoms with van der Waals surface area (Å²) in [6.07, 6.45) is 3.66. The molecule has 1 aliphatic rings. The lowest BCUT2D eigenvalue weighted by Crippen LogP contribution is -2.47. The first-order valence-corrected chi connectivity index (χ1v) is 9.04. The van der Waals surface area contributed by atoms with Gasteiger partial charge in [0.15, 0.2) is 0 Å². The smallest absolute Gasteiger partial charge is 0.251 e. The number of hydrogen-bond donors (Lipinski definition) is 1. The first-order valence-electron chi connectivity index (χ1n) is 9.04. The number of carbonyl (C=O) groups is 1. The minimum Gasteiger partial charge on any atom is -0.348 e. The van der Waals surface area contributed by atoms with Crippen molar-refractivity contribution in [2.75, 3.05) is 13.1 Å². The van der Waals surface area contributed by atoms with Crippen molar-refractivity contribution in [2.45, 2.75) is 25.4 Å². The van der Waals surface area contributed by atoms with Gasteiger partial charge in [-0.25, -0.2) is 4.98 Å². The predicted octanol–water partition coefficient (Wildman–Crippen LogP) is 2.36. The van der Waals surface area contributed by atoms with Crippen molar-refractivity contribution in [3.05, 3.63) is 60.2 Å². The summed E-state index contributed by atoms with van der Waals surface area (Å²) < 4.78 is 1.80. The lowest BCUT2D eigenvalue weighted by molar-refractivity contribution is 0.0899. The number of nitrogens with one attached hydrogen (secondary N) is 1. The highest BCUT2D eigenvalue weighted by atomic mass is 16.1. The molecular weight excluding hydrogens is 326 g/mol. The summed E-state index contributed by atoms with van der Waals surface area (Å²) in [7, 11) is 1.91. The van der Waals surface area contributed by atoms with Crippen molar-refractivity contribution >= 4 is 16.7 Å². The fourth-order valence-corrected chi connectivity index (χ4v) is 3.58. The summed E-state index contributed by atoms with van der Waals surface area (Å²) in [5, 5.41) is 9.56. The summed E-state index contributed by atoms with van der Waals surface area (Å²) in [4.78, 5) is 19.3. The number of likely N-dealkylation sites (tertiary alicyclic amines) is 1. The average molecular weight is 349 g/mol. The number of aromatic nitrogens is 3. The maximum absolute atomic E-state index is 12.7. The van der Waals surface area contributed by atoms with E-state index in [0.717, 1.165) is 49.1 Å². The summed E-state index contributed by atoms with van der Waals surface area (Å²) in [5.74, 6) is 0.952. The van der Waals surface area contributed by atoms with E-state index in [0.29, 0.717) is 5.56 Å². The van der Waals surface area contributed by atoms with Gasteiger partial charge in [0.2, 0.25) is 0 Å². The Hall–Kier alpha value is -2.73. The quantitative estimate of drug-likeness (QED) is 0.785. The molecule has 0 bridgehead atoms. The molecule has 1 saturated heterocycles. The van der Waals surface area contributed by atoms with Crippen molar-refractivity contribution in [2.24, 2.45) is 7.05 Å². The molecule has 0 spiro atoms. The molecule has 0 aliphatic carbocycles. The molecule has 1 amide bonds. The number of nitrogens with zero attached hydrogens (tertiary/aromatic N) is 4. The SMILES string of the molecule is Cn1ncnc1CN1CCCC(NC(=O)c2ccc3ccccc3c2)C1. The molecule has 1 aliphatic heterocycles. The summed E-state index contributed by atoms with van der Waals surface area (Å²) in [6, 6.07) is 14.1. The van der Waals surface area contributed by atoms with Crippen LogP contribution in [0.15, 0.2) is 48.8 Å². The Balaban J connectivity index is 1.40. The van der Waals surface area contributed by atoms with Gasteiger partial charge < -0.3 is 5.32 Å². The van der Waals surface area contributed by atoms with Crippen LogP contribution in [0.1, 0.15) is 29.0 Å². The van der Waals surface area contributed by atoms with Crippen LogP contribution >= 0.6 is 0 Å². The largest absolute Gasteiger partial charge is 0.348 e. The van der Waals surface area contributed by atoms with E-state index < -0.39 is 0 Å². The van der Waals surface area contributed by atoms with Gasteiger partial charge in [-0.3, -0.25) is 14.4 Å². The van der Waals surface area contributed by atoms with Crippen LogP contribution in [0.5, 0.6) is 0 Å². The lowest BCUT2D eigenvalue weighted by atomic mass is 10.0. The topological polar surface area (TPSA) is 63.1 Å². The molecule has 1 unspecified atom stereocenters. The third-order valence-electron chi connectivity index (χ3n) is 5.02. The molecule has 2 aromatic carbocycles. The van der Waals surface area contributed by atoms with Gasteiger partial charge in [-0.1, -0.05) is 30.3 Å². The van der Waals surface area contributed by atoms with Crippen LogP contribution in [0.3, 0.4) is 0 Å². The number of aryl methyl sites for hydroxylation is 1. The van der Waals surface area contributed by atoms with Gasteiger partial charge in [0.25, 0.3) is 5.91 Å². The number of fused-ring (bicyclic) bond motifs is 1. The standard InChI is InChI=1S/C20H23N5O/c1-24-19(21-14-22-24)13-25-10-4-7-18(12-25)23-20(26)17-9-8-15-5-2-3-6-16(15)11-17/h2-3,5-6,8-9,11,14,18H,4,7,10,12-13H2,1H3,(H,23,26). The monoisotopic (exact) mass is 349 g/mol. The molecule has 1 aromatic heterocycles. The maximum atomic E-state index is 12.7. The summed E-state index contributed by atoms with van der Waals surface area (Å²) >= 11 is 0. The van der Waals surface area contributed by atoms with Gasteiger partial charge in [-0.05, 0) is 42.3 Å². The van der Waals surface area contributed by atoms with Crippen LogP contribution in [-0.4, -0.2) is 44.7 Å². The zero-order chi connectivity index (χ0) is 17.9. The zero-order valence-electron chi connectivity index (χ0n) is 14.9. The Morgan fingerprint density at radius 1 is 1.23 bits per heavy atom. The van der Waals surface area contributed by atoms with Gasteiger partial charge in [0.1, 0.15) is 12.2 Å². The highest BCUT2D eigenvalue weighted by Gasteiger charge is 2.23. The molecule has 6 nitrogen and oxygen atoms in total. The van der Waals surface area contributed by atoms with Crippen LogP contribution in [0, 0.1) is 0 Å². The number of piperidine rings is 1. The fourth-order valence-electron chi connectivity index (χ4n) is 3.58. The molecule has 3 aromatic rings. The molecule has 1 atom stereocenters. The first kappa shape index (κ1) is 16.7. The highest BCUT2D eigenvalue weighted by molar-refractivity contribution is 5.98. The van der Waals surface area contributed by atoms with Crippen LogP contribution in [0.25, 0.3) is 10.8 Å². The van der Waals surface area contributed by atoms with E-state index >= 15 is 0 Å². The fraction of sp³-hybridized carbons (Fsp3) is 0.350. The molecule has 1 fully saturated rings. The molecular formula is C20H23N5O. The lowest BCUT2D eigenvalue weighted by Gasteiger charge is -2.32. The van der Waals surface area contributed by atoms with E-state index in [1.165, 1.54) is 0 Å². The Labute approximate surface area is 152 Å². The van der Waals surface area contributed by atoms with E-state index in [9.17, 15) is 4.79 Å². The number of benzene rings is 2. The highest BCUT2D eigenvalue weighted by Crippen LogP contribution is 2.17. The van der Waals surface area contributed by atoms with Gasteiger partial charge in [-0.2, -0.15) is 5.10 Å². The van der Waals surface area contributed by atoms with E-state index in [1.807, 2.05) is 43.4 Å². The van der Waals surface area contributed by atoms with Crippen molar-refractivity contribution in [1.82, 2.24) is 25.0 Å². The summed E-state index contributed by atoms with van der Waals surface area (Å²) in [5.41, 5.74) is 0.717. The number of carbonyl (C=O) groups excluding carboxylic acids is 1. The zero-order valence-corrected chi connectivity index (χ0v) is 14.9. The first-order chi connectivity index (χ1) is 12.7. The van der Waals surface area contributed by atoms with Gasteiger partial charge in [0, 0.05) is 25.2 Å². The predicted molar refractivity (Wildman–Crippen MR) is 101 cm³/mol. The Morgan fingerprint density at radius 3 is 2.88 bits per heavy atom. The van der Waals surface area contributed by atoms with Crippen molar-refractivity contribution in [1.29, 1.82) is 0 Å². The molecule has 2 heterocycles. The number of hydrogen-bond acceptors (Lipinski definition) is 4. The third-order valence-corrected chi connectivity index (χ3v) is 5.02. The van der Waals surface area contributed by atoms with Crippen LogP contribution in [-0.2, 0) is 13.6 Å². The normalized spacial score (nSPS) is 18.1. The van der Waals surface area contributed by atoms with Gasteiger partial charge in [0.05, 0.1) is 6.54 Å². The molecule has 4 rings (SSSR count). The van der Waals surface area contributed by atoms with E-state index in [-0.39, 0.29) is 11.9 Å². The summed E-state index contributed by atoms with van der Waals surface area (Å²) in [6.45, 7) is 2.63. The third kappa shape index (κ3) is 3.60. The Kier molecular flexibility index (Phi) is 4.67. The van der Waals surface area contributed by atoms with E-state index in [2.05, 4.69) is 26.4 Å². The average Bonchev–Trinajstić information content (AvgIpc) is 3.06. The van der Waals surface area contributed by atoms with E-state index in [1.54, 1.807) is 11.0 Å². The minimum absolute atomic E-state index is 0.00117.